The fourth-order valence-electron chi connectivity index (χ4n) is 3.33. The van der Waals surface area contributed by atoms with Crippen LogP contribution < -0.4 is 0 Å². The number of rotatable bonds is 7. The maximum absolute atomic E-state index is 12.7. The van der Waals surface area contributed by atoms with Crippen LogP contribution in [0.15, 0.2) is 10.6 Å². The molecule has 0 bridgehead atoms. The van der Waals surface area contributed by atoms with Gasteiger partial charge in [0.15, 0.2) is 5.76 Å². The summed E-state index contributed by atoms with van der Waals surface area (Å²) in [7, 11) is 0. The van der Waals surface area contributed by atoms with Gasteiger partial charge in [0.05, 0.1) is 18.8 Å². The molecule has 24 heavy (non-hydrogen) atoms. The Labute approximate surface area is 144 Å². The molecule has 0 aromatic carbocycles. The third-order valence-corrected chi connectivity index (χ3v) is 4.75. The van der Waals surface area contributed by atoms with Crippen LogP contribution >= 0.6 is 0 Å². The first-order valence-electron chi connectivity index (χ1n) is 9.17. The van der Waals surface area contributed by atoms with Crippen molar-refractivity contribution in [3.63, 3.8) is 0 Å². The molecule has 1 saturated heterocycles. The van der Waals surface area contributed by atoms with E-state index in [4.69, 9.17) is 4.52 Å². The number of aromatic nitrogens is 1. The predicted octanol–water partition coefficient (Wildman–Crippen LogP) is 1.75. The van der Waals surface area contributed by atoms with Gasteiger partial charge in [-0.05, 0) is 25.7 Å². The highest BCUT2D eigenvalue weighted by Gasteiger charge is 2.33. The Morgan fingerprint density at radius 3 is 2.50 bits per heavy atom. The van der Waals surface area contributed by atoms with Crippen LogP contribution in [-0.4, -0.2) is 71.1 Å². The van der Waals surface area contributed by atoms with Gasteiger partial charge >= 0.3 is 0 Å². The number of carbonyl (C=O) groups is 1. The monoisotopic (exact) mass is 334 g/mol. The van der Waals surface area contributed by atoms with Gasteiger partial charge in [-0.1, -0.05) is 19.0 Å². The molecule has 1 aliphatic carbocycles. The first-order chi connectivity index (χ1) is 11.5. The molecule has 1 aromatic rings. The van der Waals surface area contributed by atoms with E-state index in [1.54, 1.807) is 0 Å². The van der Waals surface area contributed by atoms with Crippen molar-refractivity contribution in [2.24, 2.45) is 5.92 Å². The van der Waals surface area contributed by atoms with E-state index >= 15 is 0 Å². The minimum Gasteiger partial charge on any atom is -0.360 e. The Bertz CT molecular complexity index is 545. The van der Waals surface area contributed by atoms with Gasteiger partial charge in [0.25, 0.3) is 0 Å². The average molecular weight is 334 g/mol. The highest BCUT2D eigenvalue weighted by molar-refractivity contribution is 5.79. The van der Waals surface area contributed by atoms with Gasteiger partial charge in [0, 0.05) is 44.8 Å². The number of aryl methyl sites for hydroxylation is 1. The number of hydrogen-bond donors (Lipinski definition) is 0. The topological polar surface area (TPSA) is 52.8 Å². The van der Waals surface area contributed by atoms with E-state index in [1.807, 2.05) is 13.0 Å². The van der Waals surface area contributed by atoms with Crippen LogP contribution in [0.2, 0.25) is 0 Å². The van der Waals surface area contributed by atoms with E-state index in [9.17, 15) is 4.79 Å². The number of nitrogens with zero attached hydrogens (tertiary/aromatic N) is 4. The lowest BCUT2D eigenvalue weighted by Gasteiger charge is -2.35. The minimum atomic E-state index is 0.311. The summed E-state index contributed by atoms with van der Waals surface area (Å²) in [6, 6.07) is 2.51. The Balaban J connectivity index is 1.43. The van der Waals surface area contributed by atoms with Crippen LogP contribution in [-0.2, 0) is 11.3 Å². The summed E-state index contributed by atoms with van der Waals surface area (Å²) in [5.74, 6) is 1.77. The second kappa shape index (κ2) is 7.66. The molecule has 1 aliphatic heterocycles. The van der Waals surface area contributed by atoms with E-state index in [1.165, 1.54) is 12.8 Å². The zero-order chi connectivity index (χ0) is 17.1. The molecule has 134 valence electrons. The van der Waals surface area contributed by atoms with Crippen molar-refractivity contribution in [3.8, 4) is 0 Å². The molecule has 0 spiro atoms. The third-order valence-electron chi connectivity index (χ3n) is 4.75. The molecule has 2 aliphatic rings. The van der Waals surface area contributed by atoms with Crippen molar-refractivity contribution in [2.45, 2.75) is 46.2 Å². The highest BCUT2D eigenvalue weighted by Crippen LogP contribution is 2.27. The molecule has 2 fully saturated rings. The minimum absolute atomic E-state index is 0.311. The molecule has 3 rings (SSSR count). The van der Waals surface area contributed by atoms with Crippen LogP contribution in [0.3, 0.4) is 0 Å². The van der Waals surface area contributed by atoms with Gasteiger partial charge in [0.1, 0.15) is 0 Å². The van der Waals surface area contributed by atoms with E-state index in [0.717, 1.165) is 50.7 Å². The van der Waals surface area contributed by atoms with Crippen molar-refractivity contribution < 1.29 is 9.32 Å². The van der Waals surface area contributed by atoms with Crippen molar-refractivity contribution in [1.82, 2.24) is 19.9 Å². The molecule has 1 aromatic heterocycles. The Morgan fingerprint density at radius 1 is 1.29 bits per heavy atom. The van der Waals surface area contributed by atoms with Crippen molar-refractivity contribution in [1.29, 1.82) is 0 Å². The fraction of sp³-hybridized carbons (Fsp3) is 0.778. The number of hydrogen-bond acceptors (Lipinski definition) is 5. The molecule has 6 nitrogen and oxygen atoms in total. The molecule has 1 amide bonds. The quantitative estimate of drug-likeness (QED) is 0.760. The van der Waals surface area contributed by atoms with Crippen LogP contribution in [0, 0.1) is 12.8 Å². The van der Waals surface area contributed by atoms with E-state index in [0.29, 0.717) is 24.4 Å². The van der Waals surface area contributed by atoms with E-state index in [-0.39, 0.29) is 0 Å². The summed E-state index contributed by atoms with van der Waals surface area (Å²) >= 11 is 0. The normalized spacial score (nSPS) is 19.8. The zero-order valence-electron chi connectivity index (χ0n) is 15.2. The summed E-state index contributed by atoms with van der Waals surface area (Å²) in [4.78, 5) is 19.4. The van der Waals surface area contributed by atoms with Gasteiger partial charge in [-0.15, -0.1) is 0 Å². The zero-order valence-corrected chi connectivity index (χ0v) is 15.2. The lowest BCUT2D eigenvalue weighted by molar-refractivity contribution is -0.134. The molecule has 0 radical (unpaired) electrons. The Kier molecular flexibility index (Phi) is 5.56. The second-order valence-electron chi connectivity index (χ2n) is 7.66. The second-order valence-corrected chi connectivity index (χ2v) is 7.66. The Hall–Kier alpha value is -1.40. The SMILES string of the molecule is Cc1cc(CN2CCN(CC(=O)N(CC(C)C)C3CC3)CC2)on1. The summed E-state index contributed by atoms with van der Waals surface area (Å²) in [5.41, 5.74) is 0.930. The smallest absolute Gasteiger partial charge is 0.237 e. The molecule has 1 saturated carbocycles. The van der Waals surface area contributed by atoms with Crippen LogP contribution in [0.5, 0.6) is 0 Å². The van der Waals surface area contributed by atoms with E-state index in [2.05, 4.69) is 33.7 Å². The number of piperazine rings is 1. The molecule has 0 atom stereocenters. The standard InChI is InChI=1S/C18H30N4O2/c1-14(2)11-22(16-4-5-16)18(23)13-21-8-6-20(7-9-21)12-17-10-15(3)19-24-17/h10,14,16H,4-9,11-13H2,1-3H3. The van der Waals surface area contributed by atoms with Crippen molar-refractivity contribution in [2.75, 3.05) is 39.3 Å². The van der Waals surface area contributed by atoms with Crippen LogP contribution in [0.4, 0.5) is 0 Å². The number of amides is 1. The maximum atomic E-state index is 12.7. The average Bonchev–Trinajstić information content (AvgIpc) is 3.29. The summed E-state index contributed by atoms with van der Waals surface area (Å²) in [6.45, 7) is 12.4. The van der Waals surface area contributed by atoms with Crippen molar-refractivity contribution in [3.05, 3.63) is 17.5 Å². The van der Waals surface area contributed by atoms with Gasteiger partial charge < -0.3 is 9.42 Å². The molecular formula is C18H30N4O2. The lowest BCUT2D eigenvalue weighted by atomic mass is 10.2. The molecule has 0 unspecified atom stereocenters. The van der Waals surface area contributed by atoms with Gasteiger partial charge in [-0.25, -0.2) is 0 Å². The van der Waals surface area contributed by atoms with Crippen molar-refractivity contribution >= 4 is 5.91 Å². The molecule has 6 heteroatoms. The molecule has 0 N–H and O–H groups in total. The first-order valence-corrected chi connectivity index (χ1v) is 9.17. The third kappa shape index (κ3) is 4.80. The Morgan fingerprint density at radius 2 is 1.96 bits per heavy atom. The molecular weight excluding hydrogens is 304 g/mol. The summed E-state index contributed by atoms with van der Waals surface area (Å²) in [6.07, 6.45) is 2.37. The van der Waals surface area contributed by atoms with Gasteiger partial charge in [-0.3, -0.25) is 14.6 Å². The lowest BCUT2D eigenvalue weighted by Crippen LogP contribution is -2.50. The van der Waals surface area contributed by atoms with Crippen LogP contribution in [0.1, 0.15) is 38.1 Å². The maximum Gasteiger partial charge on any atom is 0.237 e. The molecule has 2 heterocycles. The fourth-order valence-corrected chi connectivity index (χ4v) is 3.33. The first kappa shape index (κ1) is 17.4. The summed E-state index contributed by atoms with van der Waals surface area (Å²) < 4.78 is 5.29. The largest absolute Gasteiger partial charge is 0.360 e. The highest BCUT2D eigenvalue weighted by atomic mass is 16.5. The van der Waals surface area contributed by atoms with Gasteiger partial charge in [-0.2, -0.15) is 0 Å². The van der Waals surface area contributed by atoms with E-state index < -0.39 is 0 Å². The summed E-state index contributed by atoms with van der Waals surface area (Å²) in [5, 5.41) is 3.94. The van der Waals surface area contributed by atoms with Gasteiger partial charge in [0.2, 0.25) is 5.91 Å². The predicted molar refractivity (Wildman–Crippen MR) is 92.5 cm³/mol. The number of carbonyl (C=O) groups excluding carboxylic acids is 1. The van der Waals surface area contributed by atoms with Crippen LogP contribution in [0.25, 0.3) is 0 Å².